The second-order valence-corrected chi connectivity index (χ2v) is 6.40. The van der Waals surface area contributed by atoms with Crippen LogP contribution in [0.2, 0.25) is 0 Å². The summed E-state index contributed by atoms with van der Waals surface area (Å²) in [5, 5.41) is 7.16. The van der Waals surface area contributed by atoms with Gasteiger partial charge in [-0.2, -0.15) is 0 Å². The smallest absolute Gasteiger partial charge is 0.263 e. The minimum Gasteiger partial charge on any atom is -0.397 e. The molecule has 5 nitrogen and oxygen atoms in total. The number of hydrogen-bond acceptors (Lipinski definition) is 5. The number of anilines is 2. The van der Waals surface area contributed by atoms with Gasteiger partial charge in [0.15, 0.2) is 0 Å². The van der Waals surface area contributed by atoms with E-state index in [1.165, 1.54) is 24.2 Å². The summed E-state index contributed by atoms with van der Waals surface area (Å²) in [4.78, 5) is 12.4. The number of thiophene rings is 1. The molecular weight excluding hydrogens is 274 g/mol. The average Bonchev–Trinajstić information content (AvgIpc) is 3.10. The van der Waals surface area contributed by atoms with Crippen LogP contribution in [-0.2, 0) is 4.74 Å². The van der Waals surface area contributed by atoms with Crippen molar-refractivity contribution in [1.29, 1.82) is 0 Å². The fourth-order valence-corrected chi connectivity index (χ4v) is 3.09. The summed E-state index contributed by atoms with van der Waals surface area (Å²) < 4.78 is 5.15. The Morgan fingerprint density at radius 1 is 1.55 bits per heavy atom. The topological polar surface area (TPSA) is 76.4 Å². The Bertz CT molecular complexity index is 469. The zero-order valence-corrected chi connectivity index (χ0v) is 12.9. The van der Waals surface area contributed by atoms with Crippen molar-refractivity contribution >= 4 is 27.9 Å². The number of methoxy groups -OCH3 is 1. The molecule has 112 valence electrons. The van der Waals surface area contributed by atoms with E-state index in [1.54, 1.807) is 7.11 Å². The van der Waals surface area contributed by atoms with Crippen LogP contribution in [0.4, 0.5) is 10.7 Å². The van der Waals surface area contributed by atoms with Crippen LogP contribution in [0.5, 0.6) is 0 Å². The highest BCUT2D eigenvalue weighted by molar-refractivity contribution is 7.18. The van der Waals surface area contributed by atoms with Crippen molar-refractivity contribution in [2.75, 3.05) is 37.9 Å². The maximum absolute atomic E-state index is 11.8. The van der Waals surface area contributed by atoms with Crippen molar-refractivity contribution in [3.05, 3.63) is 10.9 Å². The van der Waals surface area contributed by atoms with Crippen LogP contribution in [0, 0.1) is 5.41 Å². The molecule has 0 atom stereocenters. The quantitative estimate of drug-likeness (QED) is 0.688. The molecule has 1 aromatic heterocycles. The van der Waals surface area contributed by atoms with Crippen LogP contribution in [0.15, 0.2) is 6.07 Å². The van der Waals surface area contributed by atoms with Crippen LogP contribution in [-0.4, -0.2) is 32.7 Å². The average molecular weight is 297 g/mol. The molecule has 0 saturated heterocycles. The van der Waals surface area contributed by atoms with Crippen molar-refractivity contribution in [2.45, 2.75) is 26.2 Å². The largest absolute Gasteiger partial charge is 0.397 e. The predicted octanol–water partition coefficient (Wildman–Crippen LogP) is 2.31. The molecule has 0 bridgehead atoms. The Labute approximate surface area is 123 Å². The molecule has 0 unspecified atom stereocenters. The van der Waals surface area contributed by atoms with Gasteiger partial charge >= 0.3 is 0 Å². The zero-order chi connectivity index (χ0) is 14.6. The lowest BCUT2D eigenvalue weighted by molar-refractivity contribution is 0.0960. The van der Waals surface area contributed by atoms with Crippen molar-refractivity contribution in [3.8, 4) is 0 Å². The third kappa shape index (κ3) is 3.64. The third-order valence-electron chi connectivity index (χ3n) is 3.74. The molecule has 1 saturated carbocycles. The number of carbonyl (C=O) groups is 1. The van der Waals surface area contributed by atoms with E-state index in [4.69, 9.17) is 10.5 Å². The Balaban J connectivity index is 1.91. The number of nitrogens with two attached hydrogens (primary N) is 1. The first-order valence-corrected chi connectivity index (χ1v) is 7.82. The van der Waals surface area contributed by atoms with Gasteiger partial charge in [0.1, 0.15) is 4.88 Å². The Kier molecular flexibility index (Phi) is 4.88. The molecule has 0 aliphatic heterocycles. The summed E-state index contributed by atoms with van der Waals surface area (Å²) >= 11 is 1.42. The maximum Gasteiger partial charge on any atom is 0.263 e. The summed E-state index contributed by atoms with van der Waals surface area (Å²) in [7, 11) is 1.74. The minimum atomic E-state index is -0.0939. The van der Waals surface area contributed by atoms with Crippen LogP contribution in [0.1, 0.15) is 35.9 Å². The van der Waals surface area contributed by atoms with Gasteiger partial charge in [0, 0.05) is 26.8 Å². The van der Waals surface area contributed by atoms with Gasteiger partial charge in [-0.3, -0.25) is 4.79 Å². The van der Waals surface area contributed by atoms with Crippen LogP contribution in [0.25, 0.3) is 0 Å². The van der Waals surface area contributed by atoms with Gasteiger partial charge in [0.2, 0.25) is 0 Å². The lowest BCUT2D eigenvalue weighted by atomic mass is 10.0. The van der Waals surface area contributed by atoms with Crippen molar-refractivity contribution in [1.82, 2.24) is 5.32 Å². The molecule has 1 aliphatic carbocycles. The molecule has 1 heterocycles. The molecule has 1 fully saturated rings. The van der Waals surface area contributed by atoms with E-state index in [0.717, 1.165) is 24.6 Å². The molecule has 2 rings (SSSR count). The summed E-state index contributed by atoms with van der Waals surface area (Å²) in [6.45, 7) is 4.23. The van der Waals surface area contributed by atoms with Gasteiger partial charge < -0.3 is 21.1 Å². The van der Waals surface area contributed by atoms with Gasteiger partial charge in [-0.25, -0.2) is 0 Å². The fourth-order valence-electron chi connectivity index (χ4n) is 2.20. The van der Waals surface area contributed by atoms with Gasteiger partial charge in [0.25, 0.3) is 5.91 Å². The molecule has 4 N–H and O–H groups in total. The SMILES string of the molecule is CCNC(=O)c1sc(NCC2(CCOC)CC2)cc1N. The third-order valence-corrected chi connectivity index (χ3v) is 4.84. The second kappa shape index (κ2) is 6.45. The van der Waals surface area contributed by atoms with Gasteiger partial charge in [0.05, 0.1) is 10.7 Å². The number of amides is 1. The zero-order valence-electron chi connectivity index (χ0n) is 12.1. The van der Waals surface area contributed by atoms with Crippen LogP contribution >= 0.6 is 11.3 Å². The van der Waals surface area contributed by atoms with Crippen molar-refractivity contribution in [2.24, 2.45) is 5.41 Å². The van der Waals surface area contributed by atoms with E-state index >= 15 is 0 Å². The number of ether oxygens (including phenoxy) is 1. The predicted molar refractivity (Wildman–Crippen MR) is 83.4 cm³/mol. The van der Waals surface area contributed by atoms with Crippen molar-refractivity contribution < 1.29 is 9.53 Å². The lowest BCUT2D eigenvalue weighted by Crippen LogP contribution is -2.22. The first-order valence-electron chi connectivity index (χ1n) is 7.00. The van der Waals surface area contributed by atoms with E-state index in [0.29, 0.717) is 22.5 Å². The van der Waals surface area contributed by atoms with E-state index in [-0.39, 0.29) is 5.91 Å². The molecule has 0 aromatic carbocycles. The first kappa shape index (κ1) is 15.1. The molecule has 0 radical (unpaired) electrons. The van der Waals surface area contributed by atoms with E-state index in [1.807, 2.05) is 13.0 Å². The molecule has 1 amide bonds. The summed E-state index contributed by atoms with van der Waals surface area (Å²) in [6.07, 6.45) is 3.57. The molecule has 20 heavy (non-hydrogen) atoms. The van der Waals surface area contributed by atoms with Gasteiger partial charge in [-0.05, 0) is 37.7 Å². The van der Waals surface area contributed by atoms with E-state index in [9.17, 15) is 4.79 Å². The van der Waals surface area contributed by atoms with Crippen molar-refractivity contribution in [3.63, 3.8) is 0 Å². The molecule has 0 spiro atoms. The van der Waals surface area contributed by atoms with Crippen LogP contribution < -0.4 is 16.4 Å². The standard InChI is InChI=1S/C14H23N3O2S/c1-3-16-13(18)12-10(15)8-11(20-12)17-9-14(4-5-14)6-7-19-2/h8,17H,3-7,9,15H2,1-2H3,(H,16,18). The molecule has 6 heteroatoms. The first-order chi connectivity index (χ1) is 9.60. The minimum absolute atomic E-state index is 0.0939. The van der Waals surface area contributed by atoms with Crippen LogP contribution in [0.3, 0.4) is 0 Å². The number of nitrogen functional groups attached to an aromatic ring is 1. The Hall–Kier alpha value is -1.27. The summed E-state index contributed by atoms with van der Waals surface area (Å²) in [5.74, 6) is -0.0939. The Morgan fingerprint density at radius 3 is 2.90 bits per heavy atom. The monoisotopic (exact) mass is 297 g/mol. The van der Waals surface area contributed by atoms with Gasteiger partial charge in [-0.15, -0.1) is 11.3 Å². The van der Waals surface area contributed by atoms with E-state index < -0.39 is 0 Å². The molecule has 1 aliphatic rings. The fraction of sp³-hybridized carbons (Fsp3) is 0.643. The van der Waals surface area contributed by atoms with Gasteiger partial charge in [-0.1, -0.05) is 0 Å². The Morgan fingerprint density at radius 2 is 2.30 bits per heavy atom. The number of rotatable bonds is 8. The summed E-state index contributed by atoms with van der Waals surface area (Å²) in [5.41, 5.74) is 6.82. The number of carbonyl (C=O) groups excluding carboxylic acids is 1. The van der Waals surface area contributed by atoms with E-state index in [2.05, 4.69) is 10.6 Å². The molecule has 1 aromatic rings. The lowest BCUT2D eigenvalue weighted by Gasteiger charge is -2.15. The normalized spacial score (nSPS) is 15.9. The highest BCUT2D eigenvalue weighted by Crippen LogP contribution is 2.49. The maximum atomic E-state index is 11.8. The molecular formula is C14H23N3O2S. The highest BCUT2D eigenvalue weighted by atomic mass is 32.1. The second-order valence-electron chi connectivity index (χ2n) is 5.35. The number of hydrogen-bond donors (Lipinski definition) is 3. The highest BCUT2D eigenvalue weighted by Gasteiger charge is 2.41. The summed E-state index contributed by atoms with van der Waals surface area (Å²) in [6, 6.07) is 1.85. The number of nitrogens with one attached hydrogen (secondary N) is 2.